The van der Waals surface area contributed by atoms with E-state index in [1.807, 2.05) is 0 Å². The zero-order chi connectivity index (χ0) is 8.36. The molecule has 0 radical (unpaired) electrons. The fraction of sp³-hybridized carbons (Fsp3) is 0.800. The Morgan fingerprint density at radius 2 is 2.18 bits per heavy atom. The van der Waals surface area contributed by atoms with Gasteiger partial charge in [-0.2, -0.15) is 0 Å². The molecule has 0 aromatic rings. The van der Waals surface area contributed by atoms with Crippen LogP contribution >= 0.6 is 12.2 Å². The van der Waals surface area contributed by atoms with Gasteiger partial charge in [0.25, 0.3) is 0 Å². The van der Waals surface area contributed by atoms with Crippen LogP contribution in [0.15, 0.2) is 10.1 Å². The van der Waals surface area contributed by atoms with Gasteiger partial charge < -0.3 is 4.74 Å². The quantitative estimate of drug-likeness (QED) is 0.152. The van der Waals surface area contributed by atoms with Crippen molar-refractivity contribution in [3.8, 4) is 0 Å². The highest BCUT2D eigenvalue weighted by Gasteiger charge is 1.83. The van der Waals surface area contributed by atoms with Gasteiger partial charge in [0.05, 0.1) is 24.9 Å². The maximum atomic E-state index is 7.87. The van der Waals surface area contributed by atoms with Crippen LogP contribution in [0, 0.1) is 0 Å². The molecule has 0 amide bonds. The second-order valence-electron chi connectivity index (χ2n) is 1.54. The third-order valence-electron chi connectivity index (χ3n) is 0.811. The van der Waals surface area contributed by atoms with Crippen LogP contribution < -0.4 is 0 Å². The fourth-order valence-electron chi connectivity index (χ4n) is 0.408. The Kier molecular flexibility index (Phi) is 8.30. The van der Waals surface area contributed by atoms with Crippen LogP contribution in [0.2, 0.25) is 0 Å². The first-order valence-electron chi connectivity index (χ1n) is 3.04. The predicted molar refractivity (Wildman–Crippen MR) is 44.7 cm³/mol. The molecule has 0 spiro atoms. The van der Waals surface area contributed by atoms with Crippen molar-refractivity contribution in [3.05, 3.63) is 10.4 Å². The summed E-state index contributed by atoms with van der Waals surface area (Å²) in [5.41, 5.74) is 7.87. The van der Waals surface area contributed by atoms with Gasteiger partial charge in [-0.15, -0.1) is 0 Å². The molecule has 0 bridgehead atoms. The first-order chi connectivity index (χ1) is 5.41. The van der Waals surface area contributed by atoms with Gasteiger partial charge in [-0.25, -0.2) is 4.99 Å². The molecule has 0 atom stereocenters. The summed E-state index contributed by atoms with van der Waals surface area (Å²) in [6.45, 7) is 1.79. The SMILES string of the molecule is [N-]=[N+]=NCCOCCN=C=S. The summed E-state index contributed by atoms with van der Waals surface area (Å²) < 4.78 is 4.99. The predicted octanol–water partition coefficient (Wildman–Crippen LogP) is 1.42. The van der Waals surface area contributed by atoms with E-state index in [9.17, 15) is 0 Å². The Balaban J connectivity index is 3.02. The largest absolute Gasteiger partial charge is 0.379 e. The Bertz CT molecular complexity index is 163. The maximum Gasteiger partial charge on any atom is 0.0727 e. The molecule has 0 N–H and O–H groups in total. The van der Waals surface area contributed by atoms with E-state index in [0.29, 0.717) is 26.3 Å². The molecule has 0 saturated carbocycles. The van der Waals surface area contributed by atoms with Crippen molar-refractivity contribution in [2.45, 2.75) is 0 Å². The topological polar surface area (TPSA) is 70.4 Å². The molecule has 0 heterocycles. The molecule has 5 nitrogen and oxygen atoms in total. The molecular weight excluding hydrogens is 164 g/mol. The summed E-state index contributed by atoms with van der Waals surface area (Å²) in [6.07, 6.45) is 0. The molecule has 0 saturated heterocycles. The highest BCUT2D eigenvalue weighted by atomic mass is 32.1. The molecule has 0 unspecified atom stereocenters. The monoisotopic (exact) mass is 172 g/mol. The van der Waals surface area contributed by atoms with Gasteiger partial charge in [0.15, 0.2) is 0 Å². The van der Waals surface area contributed by atoms with Crippen molar-refractivity contribution >= 4 is 17.4 Å². The van der Waals surface area contributed by atoms with Crippen molar-refractivity contribution < 1.29 is 4.74 Å². The summed E-state index contributed by atoms with van der Waals surface area (Å²) in [5.74, 6) is 0. The first-order valence-corrected chi connectivity index (χ1v) is 3.45. The number of hydrogen-bond acceptors (Lipinski definition) is 4. The lowest BCUT2D eigenvalue weighted by Crippen LogP contribution is -2.01. The van der Waals surface area contributed by atoms with Crippen LogP contribution in [-0.2, 0) is 4.74 Å². The number of thiocarbonyl (C=S) groups is 1. The number of rotatable bonds is 6. The number of azide groups is 1. The fourth-order valence-corrected chi connectivity index (χ4v) is 0.499. The van der Waals surface area contributed by atoms with Crippen molar-refractivity contribution in [1.82, 2.24) is 0 Å². The molecule has 6 heteroatoms. The van der Waals surface area contributed by atoms with Gasteiger partial charge in [-0.3, -0.25) is 0 Å². The van der Waals surface area contributed by atoms with Crippen LogP contribution in [-0.4, -0.2) is 31.5 Å². The lowest BCUT2D eigenvalue weighted by atomic mass is 10.7. The molecule has 60 valence electrons. The van der Waals surface area contributed by atoms with E-state index < -0.39 is 0 Å². The number of hydrogen-bond donors (Lipinski definition) is 0. The van der Waals surface area contributed by atoms with Gasteiger partial charge in [0.2, 0.25) is 0 Å². The smallest absolute Gasteiger partial charge is 0.0727 e. The number of ether oxygens (including phenoxy) is 1. The molecule has 11 heavy (non-hydrogen) atoms. The molecule has 0 fully saturated rings. The number of aliphatic imine (C=N–C) groups is 1. The van der Waals surface area contributed by atoms with E-state index in [4.69, 9.17) is 10.3 Å². The van der Waals surface area contributed by atoms with Crippen LogP contribution in [0.3, 0.4) is 0 Å². The van der Waals surface area contributed by atoms with Gasteiger partial charge >= 0.3 is 0 Å². The average Bonchev–Trinajstić information content (AvgIpc) is 2.03. The summed E-state index contributed by atoms with van der Waals surface area (Å²) in [7, 11) is 0. The summed E-state index contributed by atoms with van der Waals surface area (Å²) in [5, 5.41) is 5.49. The highest BCUT2D eigenvalue weighted by Crippen LogP contribution is 1.77. The molecular formula is C5H8N4OS. The van der Waals surface area contributed by atoms with E-state index in [1.54, 1.807) is 0 Å². The maximum absolute atomic E-state index is 7.87. The Labute approximate surface area is 69.7 Å². The molecule has 0 aromatic heterocycles. The van der Waals surface area contributed by atoms with E-state index >= 15 is 0 Å². The zero-order valence-corrected chi connectivity index (χ0v) is 6.75. The van der Waals surface area contributed by atoms with Crippen LogP contribution in [0.4, 0.5) is 0 Å². The van der Waals surface area contributed by atoms with Gasteiger partial charge in [-0.1, -0.05) is 5.11 Å². The van der Waals surface area contributed by atoms with E-state index in [2.05, 4.69) is 32.4 Å². The Hall–Kier alpha value is -0.930. The normalized spacial score (nSPS) is 8.00. The van der Waals surface area contributed by atoms with Crippen molar-refractivity contribution in [2.75, 3.05) is 26.3 Å². The molecule has 0 aliphatic rings. The summed E-state index contributed by atoms with van der Waals surface area (Å²) in [6, 6.07) is 0. The third-order valence-corrected chi connectivity index (χ3v) is 0.940. The second kappa shape index (κ2) is 9.07. The molecule has 0 aliphatic heterocycles. The van der Waals surface area contributed by atoms with Crippen LogP contribution in [0.25, 0.3) is 10.4 Å². The molecule has 0 rings (SSSR count). The van der Waals surface area contributed by atoms with Gasteiger partial charge in [-0.05, 0) is 17.7 Å². The number of nitrogens with zero attached hydrogens (tertiary/aromatic N) is 4. The summed E-state index contributed by atoms with van der Waals surface area (Å²) >= 11 is 4.33. The lowest BCUT2D eigenvalue weighted by Gasteiger charge is -1.95. The minimum Gasteiger partial charge on any atom is -0.379 e. The van der Waals surface area contributed by atoms with Crippen molar-refractivity contribution in [1.29, 1.82) is 0 Å². The van der Waals surface area contributed by atoms with Gasteiger partial charge in [0.1, 0.15) is 0 Å². The molecule has 0 aliphatic carbocycles. The Morgan fingerprint density at radius 1 is 1.45 bits per heavy atom. The second-order valence-corrected chi connectivity index (χ2v) is 1.72. The first kappa shape index (κ1) is 10.1. The van der Waals surface area contributed by atoms with Crippen LogP contribution in [0.1, 0.15) is 0 Å². The van der Waals surface area contributed by atoms with Crippen molar-refractivity contribution in [3.63, 3.8) is 0 Å². The minimum absolute atomic E-state index is 0.359. The zero-order valence-electron chi connectivity index (χ0n) is 5.93. The lowest BCUT2D eigenvalue weighted by molar-refractivity contribution is 0.149. The number of isothiocyanates is 1. The average molecular weight is 172 g/mol. The van der Waals surface area contributed by atoms with E-state index in [1.165, 1.54) is 0 Å². The van der Waals surface area contributed by atoms with E-state index in [-0.39, 0.29) is 0 Å². The third kappa shape index (κ3) is 9.07. The van der Waals surface area contributed by atoms with E-state index in [0.717, 1.165) is 0 Å². The Morgan fingerprint density at radius 3 is 2.82 bits per heavy atom. The summed E-state index contributed by atoms with van der Waals surface area (Å²) in [4.78, 5) is 6.19. The highest BCUT2D eigenvalue weighted by molar-refractivity contribution is 7.78. The standard InChI is InChI=1S/C5H8N4OS/c6-9-8-2-4-10-3-1-7-5-11/h1-4H2. The molecule has 0 aromatic carbocycles. The minimum atomic E-state index is 0.359. The van der Waals surface area contributed by atoms with Crippen molar-refractivity contribution in [2.24, 2.45) is 10.1 Å². The van der Waals surface area contributed by atoms with Gasteiger partial charge in [0, 0.05) is 11.5 Å². The van der Waals surface area contributed by atoms with Crippen LogP contribution in [0.5, 0.6) is 0 Å².